The van der Waals surface area contributed by atoms with E-state index in [1.165, 1.54) is 12.1 Å². The van der Waals surface area contributed by atoms with Crippen LogP contribution in [0.25, 0.3) is 0 Å². The molecule has 8 heteroatoms. The third kappa shape index (κ3) is 6.20. The van der Waals surface area contributed by atoms with Gasteiger partial charge in [0.25, 0.3) is 11.8 Å². The molecule has 35 heavy (non-hydrogen) atoms. The van der Waals surface area contributed by atoms with E-state index in [0.29, 0.717) is 17.8 Å². The Labute approximate surface area is 202 Å². The molecule has 0 spiro atoms. The van der Waals surface area contributed by atoms with Crippen molar-refractivity contribution in [2.45, 2.75) is 32.0 Å². The minimum Gasteiger partial charge on any atom is -0.371 e. The molecule has 0 radical (unpaired) electrons. The van der Waals surface area contributed by atoms with Gasteiger partial charge in [0.2, 0.25) is 0 Å². The first-order chi connectivity index (χ1) is 16.8. The van der Waals surface area contributed by atoms with E-state index in [4.69, 9.17) is 0 Å². The Kier molecular flexibility index (Phi) is 7.39. The van der Waals surface area contributed by atoms with Gasteiger partial charge in [-0.1, -0.05) is 36.4 Å². The van der Waals surface area contributed by atoms with Crippen molar-refractivity contribution in [1.29, 1.82) is 0 Å². The second-order valence-electron chi connectivity index (χ2n) is 8.48. The summed E-state index contributed by atoms with van der Waals surface area (Å²) in [7, 11) is 0. The summed E-state index contributed by atoms with van der Waals surface area (Å²) in [4.78, 5) is 28.0. The molecule has 0 saturated carbocycles. The fourth-order valence-electron chi connectivity index (χ4n) is 4.12. The second-order valence-corrected chi connectivity index (χ2v) is 8.48. The monoisotopic (exact) mass is 481 g/mol. The van der Waals surface area contributed by atoms with Gasteiger partial charge in [-0.3, -0.25) is 9.59 Å². The van der Waals surface area contributed by atoms with E-state index in [-0.39, 0.29) is 11.5 Å². The second kappa shape index (κ2) is 10.6. The summed E-state index contributed by atoms with van der Waals surface area (Å²) in [6, 6.07) is 18.8. The highest BCUT2D eigenvalue weighted by atomic mass is 19.4. The minimum atomic E-state index is -4.55. The molecule has 2 N–H and O–H groups in total. The average molecular weight is 482 g/mol. The summed E-state index contributed by atoms with van der Waals surface area (Å²) in [5.41, 5.74) is 1.45. The number of hydrogen-bond acceptors (Lipinski definition) is 3. The molecule has 0 aromatic heterocycles. The van der Waals surface area contributed by atoms with Crippen molar-refractivity contribution >= 4 is 23.2 Å². The highest BCUT2D eigenvalue weighted by Crippen LogP contribution is 2.30. The molecule has 2 amide bonds. The van der Waals surface area contributed by atoms with E-state index in [2.05, 4.69) is 15.5 Å². The Balaban J connectivity index is 1.57. The first-order valence-corrected chi connectivity index (χ1v) is 11.5. The van der Waals surface area contributed by atoms with Crippen LogP contribution in [0.1, 0.15) is 51.1 Å². The van der Waals surface area contributed by atoms with Crippen LogP contribution in [0, 0.1) is 0 Å². The molecule has 4 rings (SSSR count). The quantitative estimate of drug-likeness (QED) is 0.462. The highest BCUT2D eigenvalue weighted by Gasteiger charge is 2.31. The van der Waals surface area contributed by atoms with Crippen LogP contribution in [-0.2, 0) is 12.7 Å². The molecule has 0 aliphatic carbocycles. The molecule has 1 saturated heterocycles. The van der Waals surface area contributed by atoms with Crippen LogP contribution < -0.4 is 15.5 Å². The van der Waals surface area contributed by atoms with Gasteiger partial charge >= 0.3 is 6.18 Å². The van der Waals surface area contributed by atoms with Gasteiger partial charge in [0, 0.05) is 36.6 Å². The van der Waals surface area contributed by atoms with Gasteiger partial charge in [-0.25, -0.2) is 0 Å². The lowest BCUT2D eigenvalue weighted by Gasteiger charge is -2.30. The van der Waals surface area contributed by atoms with E-state index in [1.807, 2.05) is 30.3 Å². The number of hydrogen-bond donors (Lipinski definition) is 2. The Morgan fingerprint density at radius 3 is 2.29 bits per heavy atom. The number of halogens is 3. The Bertz CT molecular complexity index is 1190. The number of nitrogens with one attached hydrogen (secondary N) is 2. The Morgan fingerprint density at radius 2 is 1.57 bits per heavy atom. The van der Waals surface area contributed by atoms with Crippen LogP contribution in [0.3, 0.4) is 0 Å². The third-order valence-corrected chi connectivity index (χ3v) is 5.94. The predicted molar refractivity (Wildman–Crippen MR) is 130 cm³/mol. The van der Waals surface area contributed by atoms with Crippen LogP contribution >= 0.6 is 0 Å². The number of carbonyl (C=O) groups excluding carboxylic acids is 2. The lowest BCUT2D eigenvalue weighted by molar-refractivity contribution is -0.137. The zero-order valence-corrected chi connectivity index (χ0v) is 19.1. The fourth-order valence-corrected chi connectivity index (χ4v) is 4.12. The topological polar surface area (TPSA) is 61.4 Å². The van der Waals surface area contributed by atoms with Gasteiger partial charge < -0.3 is 15.5 Å². The summed E-state index contributed by atoms with van der Waals surface area (Å²) in [5.74, 6) is -0.970. The number of carbonyl (C=O) groups is 2. The predicted octanol–water partition coefficient (Wildman–Crippen LogP) is 5.88. The van der Waals surface area contributed by atoms with E-state index in [9.17, 15) is 22.8 Å². The van der Waals surface area contributed by atoms with Gasteiger partial charge in [0.05, 0.1) is 11.1 Å². The first kappa shape index (κ1) is 24.3. The molecular weight excluding hydrogens is 455 g/mol. The van der Waals surface area contributed by atoms with E-state index in [1.54, 1.807) is 18.2 Å². The zero-order valence-electron chi connectivity index (χ0n) is 19.1. The van der Waals surface area contributed by atoms with E-state index in [0.717, 1.165) is 55.7 Å². The molecule has 0 unspecified atom stereocenters. The minimum absolute atomic E-state index is 0.116. The number of rotatable bonds is 6. The molecule has 0 atom stereocenters. The standard InChI is InChI=1S/C27H26F3N3O2/c28-27(29,30)21-11-7-10-20(16-21)25(34)32-22-12-13-24(33-14-5-2-6-15-33)23(17-22)26(35)31-18-19-8-3-1-4-9-19/h1,3-4,7-13,16-17H,2,5-6,14-15,18H2,(H,31,35)(H,32,34). The summed E-state index contributed by atoms with van der Waals surface area (Å²) in [6.45, 7) is 2.00. The first-order valence-electron chi connectivity index (χ1n) is 11.5. The Hall–Kier alpha value is -3.81. The van der Waals surface area contributed by atoms with Crippen molar-refractivity contribution in [3.63, 3.8) is 0 Å². The van der Waals surface area contributed by atoms with Gasteiger partial charge in [0.15, 0.2) is 0 Å². The lowest BCUT2D eigenvalue weighted by atomic mass is 10.0. The van der Waals surface area contributed by atoms with Gasteiger partial charge in [0.1, 0.15) is 0 Å². The maximum absolute atomic E-state index is 13.2. The highest BCUT2D eigenvalue weighted by molar-refractivity contribution is 6.06. The third-order valence-electron chi connectivity index (χ3n) is 5.94. The van der Waals surface area contributed by atoms with Crippen molar-refractivity contribution < 1.29 is 22.8 Å². The normalized spacial score (nSPS) is 13.9. The van der Waals surface area contributed by atoms with Crippen LogP contribution in [-0.4, -0.2) is 24.9 Å². The van der Waals surface area contributed by atoms with Crippen molar-refractivity contribution in [3.05, 3.63) is 95.1 Å². The molecule has 0 bridgehead atoms. The molecule has 1 fully saturated rings. The van der Waals surface area contributed by atoms with Crippen LogP contribution in [0.2, 0.25) is 0 Å². The number of nitrogens with zero attached hydrogens (tertiary/aromatic N) is 1. The lowest BCUT2D eigenvalue weighted by Crippen LogP contribution is -2.32. The Morgan fingerprint density at radius 1 is 0.829 bits per heavy atom. The molecule has 1 aliphatic heterocycles. The molecule has 3 aromatic rings. The van der Waals surface area contributed by atoms with Crippen molar-refractivity contribution in [2.75, 3.05) is 23.3 Å². The number of benzene rings is 3. The summed E-state index contributed by atoms with van der Waals surface area (Å²) >= 11 is 0. The molecule has 1 heterocycles. The van der Waals surface area contributed by atoms with E-state index < -0.39 is 17.6 Å². The van der Waals surface area contributed by atoms with Crippen molar-refractivity contribution in [2.24, 2.45) is 0 Å². The van der Waals surface area contributed by atoms with Crippen molar-refractivity contribution in [1.82, 2.24) is 5.32 Å². The maximum Gasteiger partial charge on any atom is 0.416 e. The molecule has 3 aromatic carbocycles. The summed E-state index contributed by atoms with van der Waals surface area (Å²) < 4.78 is 39.1. The maximum atomic E-state index is 13.2. The molecular formula is C27H26F3N3O2. The number of anilines is 2. The van der Waals surface area contributed by atoms with Crippen LogP contribution in [0.15, 0.2) is 72.8 Å². The SMILES string of the molecule is O=C(Nc1ccc(N2CCCCC2)c(C(=O)NCc2ccccc2)c1)c1cccc(C(F)(F)F)c1. The van der Waals surface area contributed by atoms with Crippen LogP contribution in [0.5, 0.6) is 0 Å². The van der Waals surface area contributed by atoms with Gasteiger partial charge in [-0.05, 0) is 61.2 Å². The summed E-state index contributed by atoms with van der Waals surface area (Å²) in [5, 5.41) is 5.56. The number of alkyl halides is 3. The average Bonchev–Trinajstić information content (AvgIpc) is 2.88. The van der Waals surface area contributed by atoms with Gasteiger partial charge in [-0.15, -0.1) is 0 Å². The number of amides is 2. The number of piperidine rings is 1. The van der Waals surface area contributed by atoms with Crippen molar-refractivity contribution in [3.8, 4) is 0 Å². The molecule has 5 nitrogen and oxygen atoms in total. The van der Waals surface area contributed by atoms with Gasteiger partial charge in [-0.2, -0.15) is 13.2 Å². The molecule has 182 valence electrons. The van der Waals surface area contributed by atoms with Crippen LogP contribution in [0.4, 0.5) is 24.5 Å². The largest absolute Gasteiger partial charge is 0.416 e. The smallest absolute Gasteiger partial charge is 0.371 e. The zero-order chi connectivity index (χ0) is 24.8. The van der Waals surface area contributed by atoms with E-state index >= 15 is 0 Å². The summed E-state index contributed by atoms with van der Waals surface area (Å²) in [6.07, 6.45) is -1.36. The molecule has 1 aliphatic rings. The fraction of sp³-hybridized carbons (Fsp3) is 0.259.